The van der Waals surface area contributed by atoms with Crippen molar-refractivity contribution in [3.63, 3.8) is 0 Å². The zero-order valence-corrected chi connectivity index (χ0v) is 8.74. The molecular weight excluding hydrogens is 222 g/mol. The van der Waals surface area contributed by atoms with Crippen molar-refractivity contribution in [3.8, 4) is 6.07 Å². The molecule has 15 heavy (non-hydrogen) atoms. The smallest absolute Gasteiger partial charge is 0.244 e. The molecule has 1 unspecified atom stereocenters. The summed E-state index contributed by atoms with van der Waals surface area (Å²) in [4.78, 5) is 22.1. The van der Waals surface area contributed by atoms with Crippen LogP contribution in [0.1, 0.15) is 6.92 Å². The molecule has 1 fully saturated rings. The van der Waals surface area contributed by atoms with E-state index in [4.69, 9.17) is 5.26 Å². The van der Waals surface area contributed by atoms with Crippen LogP contribution in [0.5, 0.6) is 0 Å². The third kappa shape index (κ3) is 2.31. The maximum atomic E-state index is 11.5. The molecule has 1 saturated heterocycles. The van der Waals surface area contributed by atoms with E-state index in [1.54, 1.807) is 0 Å². The van der Waals surface area contributed by atoms with Gasteiger partial charge in [0.15, 0.2) is 5.75 Å². The second-order valence-corrected chi connectivity index (χ2v) is 4.97. The average Bonchev–Trinajstić information content (AvgIpc) is 2.11. The minimum absolute atomic E-state index is 0.420. The molecule has 82 valence electrons. The van der Waals surface area contributed by atoms with Gasteiger partial charge in [0.1, 0.15) is 6.04 Å². The van der Waals surface area contributed by atoms with Crippen LogP contribution >= 0.6 is 0 Å². The molecule has 1 rings (SSSR count). The Bertz CT molecular complexity index is 436. The lowest BCUT2D eigenvalue weighted by Crippen LogP contribution is -2.58. The molecule has 0 aromatic carbocycles. The minimum Gasteiger partial charge on any atom is -0.294 e. The highest BCUT2D eigenvalue weighted by Crippen LogP contribution is 2.10. The van der Waals surface area contributed by atoms with Crippen LogP contribution in [0.25, 0.3) is 0 Å². The zero-order chi connectivity index (χ0) is 11.6. The molecule has 0 radical (unpaired) electrons. The number of sulfonamides is 1. The lowest BCUT2D eigenvalue weighted by molar-refractivity contribution is -0.136. The summed E-state index contributed by atoms with van der Waals surface area (Å²) in [6.07, 6.45) is 0. The van der Waals surface area contributed by atoms with Gasteiger partial charge in [0.05, 0.1) is 12.6 Å². The molecule has 0 aromatic rings. The monoisotopic (exact) mass is 231 g/mol. The first-order valence-corrected chi connectivity index (χ1v) is 5.69. The van der Waals surface area contributed by atoms with Crippen molar-refractivity contribution < 1.29 is 18.0 Å². The van der Waals surface area contributed by atoms with Gasteiger partial charge in [-0.3, -0.25) is 14.9 Å². The maximum absolute atomic E-state index is 11.5. The van der Waals surface area contributed by atoms with E-state index in [1.165, 1.54) is 13.0 Å². The Hall–Kier alpha value is -1.46. The van der Waals surface area contributed by atoms with E-state index in [1.807, 2.05) is 5.32 Å². The van der Waals surface area contributed by atoms with Crippen LogP contribution in [0, 0.1) is 11.3 Å². The highest BCUT2D eigenvalue weighted by atomic mass is 32.2. The van der Waals surface area contributed by atoms with E-state index >= 15 is 0 Å². The summed E-state index contributed by atoms with van der Waals surface area (Å²) in [6, 6.07) is 0.525. The maximum Gasteiger partial charge on any atom is 0.244 e. The van der Waals surface area contributed by atoms with E-state index in [-0.39, 0.29) is 0 Å². The number of carbonyl (C=O) groups excluding carboxylic acids is 2. The van der Waals surface area contributed by atoms with Crippen molar-refractivity contribution >= 4 is 21.8 Å². The molecule has 1 aliphatic rings. The standard InChI is InChI=1S/C7H9N3O4S/c1-5-7(12)9-6(11)4-10(5)15(13,14)3-2-8/h5H,3-4H2,1H3,(H,9,11,12). The van der Waals surface area contributed by atoms with Gasteiger partial charge in [-0.1, -0.05) is 0 Å². The largest absolute Gasteiger partial charge is 0.294 e. The van der Waals surface area contributed by atoms with Crippen molar-refractivity contribution in [3.05, 3.63) is 0 Å². The van der Waals surface area contributed by atoms with Gasteiger partial charge in [-0.15, -0.1) is 0 Å². The Morgan fingerprint density at radius 3 is 2.73 bits per heavy atom. The first-order valence-electron chi connectivity index (χ1n) is 4.08. The third-order valence-corrected chi connectivity index (χ3v) is 3.63. The van der Waals surface area contributed by atoms with Crippen LogP contribution in [0.4, 0.5) is 0 Å². The molecule has 8 heteroatoms. The number of carbonyl (C=O) groups is 2. The number of hydrogen-bond acceptors (Lipinski definition) is 5. The van der Waals surface area contributed by atoms with E-state index in [9.17, 15) is 18.0 Å². The van der Waals surface area contributed by atoms with Crippen LogP contribution in [-0.2, 0) is 19.6 Å². The van der Waals surface area contributed by atoms with E-state index in [0.717, 1.165) is 4.31 Å². The Morgan fingerprint density at radius 1 is 1.60 bits per heavy atom. The van der Waals surface area contributed by atoms with Crippen LogP contribution in [0.2, 0.25) is 0 Å². The van der Waals surface area contributed by atoms with E-state index in [2.05, 4.69) is 0 Å². The highest BCUT2D eigenvalue weighted by molar-refractivity contribution is 7.89. The van der Waals surface area contributed by atoms with Crippen LogP contribution in [-0.4, -0.2) is 42.9 Å². The van der Waals surface area contributed by atoms with Crippen LogP contribution in [0.15, 0.2) is 0 Å². The summed E-state index contributed by atoms with van der Waals surface area (Å²) < 4.78 is 23.7. The summed E-state index contributed by atoms with van der Waals surface area (Å²) in [5.41, 5.74) is 0. The second-order valence-electron chi connectivity index (χ2n) is 3.05. The molecule has 1 heterocycles. The fraction of sp³-hybridized carbons (Fsp3) is 0.571. The summed E-state index contributed by atoms with van der Waals surface area (Å²) in [7, 11) is -3.86. The fourth-order valence-electron chi connectivity index (χ4n) is 1.19. The molecule has 0 aliphatic carbocycles. The number of nitrogens with zero attached hydrogens (tertiary/aromatic N) is 2. The van der Waals surface area contributed by atoms with Gasteiger partial charge >= 0.3 is 0 Å². The number of imide groups is 1. The Labute approximate surface area is 86.7 Å². The molecule has 0 saturated carbocycles. The van der Waals surface area contributed by atoms with Gasteiger partial charge in [-0.25, -0.2) is 8.42 Å². The van der Waals surface area contributed by atoms with Crippen molar-refractivity contribution in [2.24, 2.45) is 0 Å². The van der Waals surface area contributed by atoms with Crippen molar-refractivity contribution in [1.82, 2.24) is 9.62 Å². The quantitative estimate of drug-likeness (QED) is 0.563. The lowest BCUT2D eigenvalue weighted by atomic mass is 10.2. The van der Waals surface area contributed by atoms with Gasteiger partial charge in [-0.05, 0) is 6.92 Å². The lowest BCUT2D eigenvalue weighted by Gasteiger charge is -2.29. The van der Waals surface area contributed by atoms with Gasteiger partial charge in [0.2, 0.25) is 21.8 Å². The third-order valence-electron chi connectivity index (χ3n) is 1.98. The van der Waals surface area contributed by atoms with Crippen LogP contribution in [0.3, 0.4) is 0 Å². The summed E-state index contributed by atoms with van der Waals surface area (Å²) in [6.45, 7) is 0.938. The van der Waals surface area contributed by atoms with Crippen LogP contribution < -0.4 is 5.32 Å². The first-order chi connectivity index (χ1) is 6.88. The molecule has 1 N–H and O–H groups in total. The Kier molecular flexibility index (Phi) is 3.06. The molecular formula is C7H9N3O4S. The number of nitrogens with one attached hydrogen (secondary N) is 1. The molecule has 1 aliphatic heterocycles. The topological polar surface area (TPSA) is 107 Å². The van der Waals surface area contributed by atoms with Gasteiger partial charge in [0.25, 0.3) is 0 Å². The fourth-order valence-corrected chi connectivity index (χ4v) is 2.41. The molecule has 7 nitrogen and oxygen atoms in total. The van der Waals surface area contributed by atoms with E-state index < -0.39 is 40.2 Å². The van der Waals surface area contributed by atoms with Gasteiger partial charge in [-0.2, -0.15) is 9.57 Å². The predicted octanol–water partition coefficient (Wildman–Crippen LogP) is -1.81. The Balaban J connectivity index is 2.99. The van der Waals surface area contributed by atoms with Gasteiger partial charge < -0.3 is 0 Å². The number of rotatable bonds is 2. The van der Waals surface area contributed by atoms with Crippen molar-refractivity contribution in [1.29, 1.82) is 5.26 Å². The Morgan fingerprint density at radius 2 is 2.20 bits per heavy atom. The normalized spacial score (nSPS) is 23.3. The molecule has 0 aromatic heterocycles. The number of piperazine rings is 1. The number of amides is 2. The molecule has 0 spiro atoms. The highest BCUT2D eigenvalue weighted by Gasteiger charge is 2.37. The second kappa shape index (κ2) is 3.96. The number of nitriles is 1. The summed E-state index contributed by atoms with van der Waals surface area (Å²) >= 11 is 0. The summed E-state index contributed by atoms with van der Waals surface area (Å²) in [5, 5.41) is 10.3. The molecule has 2 amide bonds. The van der Waals surface area contributed by atoms with Gasteiger partial charge in [0, 0.05) is 0 Å². The zero-order valence-electron chi connectivity index (χ0n) is 7.93. The summed E-state index contributed by atoms with van der Waals surface area (Å²) in [5.74, 6) is -2.09. The van der Waals surface area contributed by atoms with Crippen molar-refractivity contribution in [2.45, 2.75) is 13.0 Å². The average molecular weight is 231 g/mol. The number of hydrogen-bond donors (Lipinski definition) is 1. The molecule has 1 atom stereocenters. The SMILES string of the molecule is CC1C(=O)NC(=O)CN1S(=O)(=O)CC#N. The van der Waals surface area contributed by atoms with E-state index in [0.29, 0.717) is 0 Å². The molecule has 0 bridgehead atoms. The minimum atomic E-state index is -3.86. The predicted molar refractivity (Wildman–Crippen MR) is 48.7 cm³/mol. The van der Waals surface area contributed by atoms with Crippen molar-refractivity contribution in [2.75, 3.05) is 12.3 Å². The first kappa shape index (κ1) is 11.6.